The molecule has 0 aliphatic carbocycles. The largest absolute Gasteiger partial charge is 0.481 e. The summed E-state index contributed by atoms with van der Waals surface area (Å²) in [6.45, 7) is 4.62. The standard InChI is InChI=1S/C14H24N2O4/c1-4-10(2)13(18)15(3)9-12(17)16-7-5-6-11(8-16)14(19)20/h10-11H,4-9H2,1-3H3,(H,19,20). The molecule has 0 aromatic carbocycles. The van der Waals surface area contributed by atoms with Crippen molar-refractivity contribution >= 4 is 17.8 Å². The van der Waals surface area contributed by atoms with Crippen molar-refractivity contribution in [1.82, 2.24) is 9.80 Å². The number of aliphatic carboxylic acids is 1. The lowest BCUT2D eigenvalue weighted by atomic mass is 9.98. The van der Waals surface area contributed by atoms with Gasteiger partial charge in [0.2, 0.25) is 11.8 Å². The fourth-order valence-electron chi connectivity index (χ4n) is 2.34. The Hall–Kier alpha value is -1.59. The molecule has 20 heavy (non-hydrogen) atoms. The maximum atomic E-state index is 12.1. The zero-order chi connectivity index (χ0) is 15.3. The molecule has 0 spiro atoms. The Morgan fingerprint density at radius 2 is 2.05 bits per heavy atom. The first-order chi connectivity index (χ1) is 9.36. The van der Waals surface area contributed by atoms with Crippen LogP contribution in [0, 0.1) is 11.8 Å². The van der Waals surface area contributed by atoms with Crippen molar-refractivity contribution in [2.75, 3.05) is 26.7 Å². The van der Waals surface area contributed by atoms with Crippen LogP contribution >= 0.6 is 0 Å². The number of likely N-dealkylation sites (tertiary alicyclic amines) is 1. The van der Waals surface area contributed by atoms with Crippen molar-refractivity contribution in [2.45, 2.75) is 33.1 Å². The van der Waals surface area contributed by atoms with Gasteiger partial charge in [0, 0.05) is 26.1 Å². The smallest absolute Gasteiger partial charge is 0.308 e. The summed E-state index contributed by atoms with van der Waals surface area (Å²) in [4.78, 5) is 38.0. The molecular formula is C14H24N2O4. The highest BCUT2D eigenvalue weighted by atomic mass is 16.4. The Kier molecular flexibility index (Phi) is 5.98. The number of amides is 2. The van der Waals surface area contributed by atoms with Gasteiger partial charge in [0.05, 0.1) is 12.5 Å². The zero-order valence-corrected chi connectivity index (χ0v) is 12.5. The number of hydrogen-bond donors (Lipinski definition) is 1. The predicted octanol–water partition coefficient (Wildman–Crippen LogP) is 0.814. The van der Waals surface area contributed by atoms with Gasteiger partial charge in [-0.1, -0.05) is 13.8 Å². The normalized spacial score (nSPS) is 20.4. The van der Waals surface area contributed by atoms with E-state index < -0.39 is 11.9 Å². The Morgan fingerprint density at radius 1 is 1.40 bits per heavy atom. The molecule has 1 fully saturated rings. The van der Waals surface area contributed by atoms with E-state index >= 15 is 0 Å². The van der Waals surface area contributed by atoms with Crippen molar-refractivity contribution in [1.29, 1.82) is 0 Å². The van der Waals surface area contributed by atoms with E-state index in [1.54, 1.807) is 11.9 Å². The van der Waals surface area contributed by atoms with Gasteiger partial charge >= 0.3 is 5.97 Å². The van der Waals surface area contributed by atoms with E-state index in [0.717, 1.165) is 6.42 Å². The SMILES string of the molecule is CCC(C)C(=O)N(C)CC(=O)N1CCCC(C(=O)O)C1. The quantitative estimate of drug-likeness (QED) is 0.810. The minimum absolute atomic E-state index is 0.0233. The molecule has 2 amide bonds. The number of piperidine rings is 1. The zero-order valence-electron chi connectivity index (χ0n) is 12.5. The Bertz CT molecular complexity index is 383. The van der Waals surface area contributed by atoms with Crippen molar-refractivity contribution in [2.24, 2.45) is 11.8 Å². The molecule has 1 rings (SSSR count). The van der Waals surface area contributed by atoms with E-state index in [4.69, 9.17) is 5.11 Å². The first kappa shape index (κ1) is 16.5. The van der Waals surface area contributed by atoms with Crippen LogP contribution in [0.15, 0.2) is 0 Å². The van der Waals surface area contributed by atoms with E-state index in [9.17, 15) is 14.4 Å². The van der Waals surface area contributed by atoms with Crippen molar-refractivity contribution in [3.63, 3.8) is 0 Å². The van der Waals surface area contributed by atoms with Gasteiger partial charge in [-0.2, -0.15) is 0 Å². The van der Waals surface area contributed by atoms with Gasteiger partial charge < -0.3 is 14.9 Å². The van der Waals surface area contributed by atoms with Gasteiger partial charge in [-0.3, -0.25) is 14.4 Å². The van der Waals surface area contributed by atoms with Gasteiger partial charge in [0.15, 0.2) is 0 Å². The average molecular weight is 284 g/mol. The molecule has 1 aliphatic rings. The van der Waals surface area contributed by atoms with Crippen LogP contribution in [-0.4, -0.2) is 59.4 Å². The number of carbonyl (C=O) groups excluding carboxylic acids is 2. The molecule has 0 radical (unpaired) electrons. The Morgan fingerprint density at radius 3 is 2.60 bits per heavy atom. The highest BCUT2D eigenvalue weighted by molar-refractivity contribution is 5.86. The highest BCUT2D eigenvalue weighted by Gasteiger charge is 2.29. The van der Waals surface area contributed by atoms with Gasteiger partial charge in [-0.05, 0) is 19.3 Å². The number of nitrogens with zero attached hydrogens (tertiary/aromatic N) is 2. The van der Waals surface area contributed by atoms with Crippen LogP contribution in [0.4, 0.5) is 0 Å². The van der Waals surface area contributed by atoms with Crippen LogP contribution in [0.25, 0.3) is 0 Å². The fourth-order valence-corrected chi connectivity index (χ4v) is 2.34. The lowest BCUT2D eigenvalue weighted by Gasteiger charge is -2.32. The molecule has 0 aromatic heterocycles. The minimum atomic E-state index is -0.855. The number of likely N-dealkylation sites (N-methyl/N-ethyl adjacent to an activating group) is 1. The summed E-state index contributed by atoms with van der Waals surface area (Å²) in [6, 6.07) is 0. The summed E-state index contributed by atoms with van der Waals surface area (Å²) in [5, 5.41) is 9.01. The van der Waals surface area contributed by atoms with E-state index in [1.807, 2.05) is 13.8 Å². The molecule has 0 bridgehead atoms. The monoisotopic (exact) mass is 284 g/mol. The Balaban J connectivity index is 2.53. The summed E-state index contributed by atoms with van der Waals surface area (Å²) < 4.78 is 0. The van der Waals surface area contributed by atoms with E-state index in [0.29, 0.717) is 19.4 Å². The van der Waals surface area contributed by atoms with Gasteiger partial charge in [0.25, 0.3) is 0 Å². The second-order valence-corrected chi connectivity index (χ2v) is 5.52. The third-order valence-corrected chi connectivity index (χ3v) is 3.91. The number of hydrogen-bond acceptors (Lipinski definition) is 3. The predicted molar refractivity (Wildman–Crippen MR) is 74.0 cm³/mol. The van der Waals surface area contributed by atoms with Crippen molar-refractivity contribution < 1.29 is 19.5 Å². The second kappa shape index (κ2) is 7.26. The lowest BCUT2D eigenvalue weighted by molar-refractivity contribution is -0.147. The van der Waals surface area contributed by atoms with E-state index in [2.05, 4.69) is 0 Å². The summed E-state index contributed by atoms with van der Waals surface area (Å²) in [5.74, 6) is -1.65. The number of rotatable bonds is 5. The number of carboxylic acids is 1. The summed E-state index contributed by atoms with van der Waals surface area (Å²) >= 11 is 0. The van der Waals surface area contributed by atoms with Crippen LogP contribution in [0.3, 0.4) is 0 Å². The molecule has 1 saturated heterocycles. The third kappa shape index (κ3) is 4.21. The maximum Gasteiger partial charge on any atom is 0.308 e. The van der Waals surface area contributed by atoms with Crippen LogP contribution in [-0.2, 0) is 14.4 Å². The first-order valence-electron chi connectivity index (χ1n) is 7.12. The Labute approximate surface area is 119 Å². The third-order valence-electron chi connectivity index (χ3n) is 3.91. The molecule has 2 atom stereocenters. The van der Waals surface area contributed by atoms with Crippen LogP contribution in [0.2, 0.25) is 0 Å². The topological polar surface area (TPSA) is 77.9 Å². The van der Waals surface area contributed by atoms with Crippen LogP contribution in [0.5, 0.6) is 0 Å². The minimum Gasteiger partial charge on any atom is -0.481 e. The van der Waals surface area contributed by atoms with E-state index in [1.165, 1.54) is 4.90 Å². The molecule has 6 nitrogen and oxygen atoms in total. The summed E-state index contributed by atoms with van der Waals surface area (Å²) in [6.07, 6.45) is 2.05. The van der Waals surface area contributed by atoms with Crippen LogP contribution < -0.4 is 0 Å². The summed E-state index contributed by atoms with van der Waals surface area (Å²) in [7, 11) is 1.62. The summed E-state index contributed by atoms with van der Waals surface area (Å²) in [5.41, 5.74) is 0. The molecular weight excluding hydrogens is 260 g/mol. The lowest BCUT2D eigenvalue weighted by Crippen LogP contribution is -2.47. The maximum absolute atomic E-state index is 12.1. The molecule has 1 heterocycles. The van der Waals surface area contributed by atoms with Gasteiger partial charge in [-0.15, -0.1) is 0 Å². The van der Waals surface area contributed by atoms with E-state index in [-0.39, 0.29) is 30.8 Å². The average Bonchev–Trinajstić information content (AvgIpc) is 2.45. The highest BCUT2D eigenvalue weighted by Crippen LogP contribution is 2.17. The van der Waals surface area contributed by atoms with Gasteiger partial charge in [-0.25, -0.2) is 0 Å². The van der Waals surface area contributed by atoms with Crippen LogP contribution in [0.1, 0.15) is 33.1 Å². The van der Waals surface area contributed by atoms with Crippen molar-refractivity contribution in [3.05, 3.63) is 0 Å². The first-order valence-corrected chi connectivity index (χ1v) is 7.12. The van der Waals surface area contributed by atoms with Gasteiger partial charge in [0.1, 0.15) is 0 Å². The molecule has 6 heteroatoms. The number of carboxylic acid groups (broad SMARTS) is 1. The molecule has 2 unspecified atom stereocenters. The molecule has 0 aromatic rings. The second-order valence-electron chi connectivity index (χ2n) is 5.52. The number of carbonyl (C=O) groups is 3. The molecule has 0 saturated carbocycles. The molecule has 1 N–H and O–H groups in total. The fraction of sp³-hybridized carbons (Fsp3) is 0.786. The molecule has 1 aliphatic heterocycles. The van der Waals surface area contributed by atoms with Crippen molar-refractivity contribution in [3.8, 4) is 0 Å². The molecule has 114 valence electrons.